The average Bonchev–Trinajstić information content (AvgIpc) is 2.73. The third-order valence-electron chi connectivity index (χ3n) is 5.12. The van der Waals surface area contributed by atoms with Crippen molar-refractivity contribution in [3.63, 3.8) is 0 Å². The summed E-state index contributed by atoms with van der Waals surface area (Å²) < 4.78 is 27.1. The Morgan fingerprint density at radius 2 is 1.76 bits per heavy atom. The molecule has 0 aromatic heterocycles. The third-order valence-corrected chi connectivity index (χ3v) is 7.03. The third kappa shape index (κ3) is 4.82. The molecule has 0 radical (unpaired) electrons. The van der Waals surface area contributed by atoms with E-state index in [2.05, 4.69) is 5.32 Å². The SMILES string of the molecule is Cc1ccc(S(=O)(=O)N2CCN([C@@H](C)C(=O)Nc3cccc(C#N)c3)CC2)cc1. The Labute approximate surface area is 171 Å². The lowest BCUT2D eigenvalue weighted by Gasteiger charge is -2.36. The molecule has 1 N–H and O–H groups in total. The predicted octanol–water partition coefficient (Wildman–Crippen LogP) is 2.20. The van der Waals surface area contributed by atoms with E-state index in [4.69, 9.17) is 5.26 Å². The van der Waals surface area contributed by atoms with Crippen LogP contribution >= 0.6 is 0 Å². The number of sulfonamides is 1. The van der Waals surface area contributed by atoms with E-state index in [9.17, 15) is 13.2 Å². The van der Waals surface area contributed by atoms with Gasteiger partial charge in [-0.05, 0) is 44.2 Å². The number of anilines is 1. The fourth-order valence-corrected chi connectivity index (χ4v) is 4.69. The van der Waals surface area contributed by atoms with Gasteiger partial charge in [0.1, 0.15) is 0 Å². The predicted molar refractivity (Wildman–Crippen MR) is 111 cm³/mol. The van der Waals surface area contributed by atoms with Crippen LogP contribution in [0, 0.1) is 18.3 Å². The zero-order valence-corrected chi connectivity index (χ0v) is 17.3. The van der Waals surface area contributed by atoms with Gasteiger partial charge >= 0.3 is 0 Å². The van der Waals surface area contributed by atoms with Gasteiger partial charge in [-0.2, -0.15) is 9.57 Å². The van der Waals surface area contributed by atoms with Crippen molar-refractivity contribution in [2.45, 2.75) is 24.8 Å². The summed E-state index contributed by atoms with van der Waals surface area (Å²) in [7, 11) is -3.53. The van der Waals surface area contributed by atoms with Crippen LogP contribution in [0.25, 0.3) is 0 Å². The van der Waals surface area contributed by atoms with E-state index in [1.807, 2.05) is 17.9 Å². The zero-order valence-electron chi connectivity index (χ0n) is 16.5. The molecule has 2 aromatic rings. The maximum absolute atomic E-state index is 12.8. The summed E-state index contributed by atoms with van der Waals surface area (Å²) in [6, 6.07) is 15.2. The van der Waals surface area contributed by atoms with Gasteiger partial charge in [0.15, 0.2) is 0 Å². The Morgan fingerprint density at radius 3 is 2.38 bits per heavy atom. The molecule has 1 amide bonds. The van der Waals surface area contributed by atoms with Crippen LogP contribution in [0.15, 0.2) is 53.4 Å². The molecular weight excluding hydrogens is 388 g/mol. The minimum absolute atomic E-state index is 0.185. The quantitative estimate of drug-likeness (QED) is 0.813. The summed E-state index contributed by atoms with van der Waals surface area (Å²) in [5.41, 5.74) is 2.06. The number of nitrogens with one attached hydrogen (secondary N) is 1. The Bertz CT molecular complexity index is 1020. The molecule has 1 atom stereocenters. The number of amides is 1. The van der Waals surface area contributed by atoms with Gasteiger partial charge in [-0.1, -0.05) is 23.8 Å². The maximum Gasteiger partial charge on any atom is 0.243 e. The highest BCUT2D eigenvalue weighted by Crippen LogP contribution is 2.19. The van der Waals surface area contributed by atoms with Gasteiger partial charge in [0.25, 0.3) is 0 Å². The number of hydrogen-bond acceptors (Lipinski definition) is 5. The van der Waals surface area contributed by atoms with Gasteiger partial charge in [0, 0.05) is 31.9 Å². The molecule has 0 spiro atoms. The molecule has 2 aromatic carbocycles. The number of nitriles is 1. The summed E-state index contributed by atoms with van der Waals surface area (Å²) >= 11 is 0. The number of rotatable bonds is 5. The number of nitrogens with zero attached hydrogens (tertiary/aromatic N) is 3. The molecule has 29 heavy (non-hydrogen) atoms. The minimum atomic E-state index is -3.53. The maximum atomic E-state index is 12.8. The Morgan fingerprint density at radius 1 is 1.10 bits per heavy atom. The normalized spacial score (nSPS) is 16.7. The lowest BCUT2D eigenvalue weighted by molar-refractivity contribution is -0.121. The Hall–Kier alpha value is -2.73. The minimum Gasteiger partial charge on any atom is -0.325 e. The summed E-state index contributed by atoms with van der Waals surface area (Å²) in [5.74, 6) is -0.185. The Kier molecular flexibility index (Phi) is 6.33. The molecule has 0 bridgehead atoms. The van der Waals surface area contributed by atoms with Gasteiger partial charge in [-0.15, -0.1) is 0 Å². The summed E-state index contributed by atoms with van der Waals surface area (Å²) in [5, 5.41) is 11.8. The molecule has 1 aliphatic rings. The highest BCUT2D eigenvalue weighted by atomic mass is 32.2. The highest BCUT2D eigenvalue weighted by molar-refractivity contribution is 7.89. The largest absolute Gasteiger partial charge is 0.325 e. The van der Waals surface area contributed by atoms with Crippen LogP contribution in [0.3, 0.4) is 0 Å². The highest BCUT2D eigenvalue weighted by Gasteiger charge is 2.31. The first-order chi connectivity index (χ1) is 13.8. The van der Waals surface area contributed by atoms with Crippen molar-refractivity contribution < 1.29 is 13.2 Å². The molecule has 7 nitrogen and oxygen atoms in total. The van der Waals surface area contributed by atoms with Crippen molar-refractivity contribution in [3.8, 4) is 6.07 Å². The standard InChI is InChI=1S/C21H24N4O3S/c1-16-6-8-20(9-7-16)29(27,28)25-12-10-24(11-13-25)17(2)21(26)23-19-5-3-4-18(14-19)15-22/h3-9,14,17H,10-13H2,1-2H3,(H,23,26)/t17-/m0/s1. The molecule has 1 saturated heterocycles. The second-order valence-electron chi connectivity index (χ2n) is 7.11. The van der Waals surface area contributed by atoms with Crippen molar-refractivity contribution in [2.75, 3.05) is 31.5 Å². The van der Waals surface area contributed by atoms with E-state index in [-0.39, 0.29) is 5.91 Å². The van der Waals surface area contributed by atoms with Gasteiger partial charge in [-0.25, -0.2) is 8.42 Å². The topological polar surface area (TPSA) is 93.5 Å². The lowest BCUT2D eigenvalue weighted by Crippen LogP contribution is -2.53. The van der Waals surface area contributed by atoms with Gasteiger partial charge in [-0.3, -0.25) is 9.69 Å². The van der Waals surface area contributed by atoms with Gasteiger partial charge in [0.2, 0.25) is 15.9 Å². The van der Waals surface area contributed by atoms with Crippen LogP contribution in [0.1, 0.15) is 18.1 Å². The number of aryl methyl sites for hydroxylation is 1. The van der Waals surface area contributed by atoms with Gasteiger partial charge in [0.05, 0.1) is 22.6 Å². The summed E-state index contributed by atoms with van der Waals surface area (Å²) in [6.45, 7) is 5.32. The summed E-state index contributed by atoms with van der Waals surface area (Å²) in [4.78, 5) is 14.8. The van der Waals surface area contributed by atoms with Crippen LogP contribution in [0.4, 0.5) is 5.69 Å². The number of carbonyl (C=O) groups is 1. The smallest absolute Gasteiger partial charge is 0.243 e. The second-order valence-corrected chi connectivity index (χ2v) is 9.05. The average molecular weight is 413 g/mol. The van der Waals surface area contributed by atoms with Crippen molar-refractivity contribution in [1.82, 2.24) is 9.21 Å². The number of piperazine rings is 1. The number of carbonyl (C=O) groups excluding carboxylic acids is 1. The molecule has 152 valence electrons. The number of hydrogen-bond donors (Lipinski definition) is 1. The van der Waals surface area contributed by atoms with Crippen LogP contribution in [0.5, 0.6) is 0 Å². The van der Waals surface area contributed by atoms with E-state index in [1.165, 1.54) is 4.31 Å². The van der Waals surface area contributed by atoms with E-state index >= 15 is 0 Å². The number of benzene rings is 2. The molecule has 1 fully saturated rings. The molecule has 0 aliphatic carbocycles. The van der Waals surface area contributed by atoms with E-state index in [1.54, 1.807) is 55.5 Å². The van der Waals surface area contributed by atoms with Crippen LogP contribution in [-0.4, -0.2) is 55.8 Å². The fraction of sp³-hybridized carbons (Fsp3) is 0.333. The molecule has 3 rings (SSSR count). The van der Waals surface area contributed by atoms with Crippen LogP contribution in [0.2, 0.25) is 0 Å². The monoisotopic (exact) mass is 412 g/mol. The molecule has 1 heterocycles. The first-order valence-corrected chi connectivity index (χ1v) is 10.9. The molecular formula is C21H24N4O3S. The van der Waals surface area contributed by atoms with Crippen LogP contribution < -0.4 is 5.32 Å². The van der Waals surface area contributed by atoms with E-state index in [0.29, 0.717) is 42.3 Å². The fourth-order valence-electron chi connectivity index (χ4n) is 3.27. The molecule has 8 heteroatoms. The van der Waals surface area contributed by atoms with Crippen LogP contribution in [-0.2, 0) is 14.8 Å². The Balaban J connectivity index is 1.60. The lowest BCUT2D eigenvalue weighted by atomic mass is 10.2. The van der Waals surface area contributed by atoms with Crippen molar-refractivity contribution in [1.29, 1.82) is 5.26 Å². The molecule has 0 unspecified atom stereocenters. The first-order valence-electron chi connectivity index (χ1n) is 9.43. The van der Waals surface area contributed by atoms with Gasteiger partial charge < -0.3 is 5.32 Å². The van der Waals surface area contributed by atoms with Crippen molar-refractivity contribution >= 4 is 21.6 Å². The zero-order chi connectivity index (χ0) is 21.0. The first kappa shape index (κ1) is 21.0. The van der Waals surface area contributed by atoms with E-state index in [0.717, 1.165) is 5.56 Å². The van der Waals surface area contributed by atoms with Crippen molar-refractivity contribution in [3.05, 3.63) is 59.7 Å². The molecule has 1 aliphatic heterocycles. The summed E-state index contributed by atoms with van der Waals surface area (Å²) in [6.07, 6.45) is 0. The second kappa shape index (κ2) is 8.74. The van der Waals surface area contributed by atoms with Crippen molar-refractivity contribution in [2.24, 2.45) is 0 Å². The molecule has 0 saturated carbocycles. The van der Waals surface area contributed by atoms with E-state index < -0.39 is 16.1 Å².